The third kappa shape index (κ3) is 7.90. The lowest BCUT2D eigenvalue weighted by Gasteiger charge is -2.05. The Morgan fingerprint density at radius 3 is 1.69 bits per heavy atom. The molecule has 78 valence electrons. The van der Waals surface area contributed by atoms with Crippen molar-refractivity contribution in [3.8, 4) is 0 Å². The van der Waals surface area contributed by atoms with Gasteiger partial charge in [0.05, 0.1) is 13.2 Å². The smallest absolute Gasteiger partial charge is 0.132 e. The van der Waals surface area contributed by atoms with Gasteiger partial charge in [-0.25, -0.2) is 0 Å². The summed E-state index contributed by atoms with van der Waals surface area (Å²) in [5.41, 5.74) is 0. The van der Waals surface area contributed by atoms with Crippen molar-refractivity contribution in [1.82, 2.24) is 0 Å². The molecule has 1 rings (SSSR count). The maximum Gasteiger partial charge on any atom is 0.132 e. The zero-order valence-electron chi connectivity index (χ0n) is 7.78. The zero-order chi connectivity index (χ0) is 10.1. The van der Waals surface area contributed by atoms with Crippen molar-refractivity contribution in [3.05, 3.63) is 0 Å². The van der Waals surface area contributed by atoms with E-state index in [0.29, 0.717) is 5.78 Å². The van der Waals surface area contributed by atoms with Crippen LogP contribution in [0.15, 0.2) is 0 Å². The molecule has 1 aliphatic carbocycles. The fourth-order valence-electron chi connectivity index (χ4n) is 1.00. The van der Waals surface area contributed by atoms with Gasteiger partial charge in [-0.1, -0.05) is 6.42 Å². The molecular weight excluding hydrogens is 172 g/mol. The maximum atomic E-state index is 10.5. The highest BCUT2D eigenvalue weighted by Gasteiger charge is 2.05. The second-order valence-electron chi connectivity index (χ2n) is 3.12. The molecule has 0 aromatic carbocycles. The Balaban J connectivity index is 0.000000226. The van der Waals surface area contributed by atoms with Crippen LogP contribution in [-0.4, -0.2) is 40.4 Å². The molecular formula is C9H18O4. The molecule has 3 N–H and O–H groups in total. The molecule has 0 saturated heterocycles. The topological polar surface area (TPSA) is 77.8 Å². The van der Waals surface area contributed by atoms with Gasteiger partial charge >= 0.3 is 0 Å². The average molecular weight is 190 g/mol. The third-order valence-corrected chi connectivity index (χ3v) is 1.83. The lowest BCUT2D eigenvalue weighted by molar-refractivity contribution is -0.120. The summed E-state index contributed by atoms with van der Waals surface area (Å²) in [4.78, 5) is 10.5. The van der Waals surface area contributed by atoms with Crippen LogP contribution in [0.5, 0.6) is 0 Å². The van der Waals surface area contributed by atoms with Gasteiger partial charge in [0, 0.05) is 12.8 Å². The van der Waals surface area contributed by atoms with Crippen LogP contribution in [0.4, 0.5) is 0 Å². The molecule has 0 unspecified atom stereocenters. The van der Waals surface area contributed by atoms with Crippen LogP contribution < -0.4 is 0 Å². The van der Waals surface area contributed by atoms with Gasteiger partial charge < -0.3 is 15.3 Å². The number of hydrogen-bond donors (Lipinski definition) is 3. The van der Waals surface area contributed by atoms with Gasteiger partial charge in [-0.05, 0) is 12.8 Å². The number of aliphatic hydroxyl groups is 3. The summed E-state index contributed by atoms with van der Waals surface area (Å²) in [6, 6.07) is 0. The summed E-state index contributed by atoms with van der Waals surface area (Å²) in [7, 11) is 0. The minimum absolute atomic E-state index is 0.365. The maximum absolute atomic E-state index is 10.5. The Kier molecular flexibility index (Phi) is 7.88. The van der Waals surface area contributed by atoms with E-state index in [9.17, 15) is 4.79 Å². The SMILES string of the molecule is O=C1CCCCC1.OCC(O)CO. The van der Waals surface area contributed by atoms with Gasteiger partial charge in [-0.2, -0.15) is 0 Å². The molecule has 1 aliphatic rings. The highest BCUT2D eigenvalue weighted by atomic mass is 16.3. The van der Waals surface area contributed by atoms with Crippen molar-refractivity contribution in [2.24, 2.45) is 0 Å². The van der Waals surface area contributed by atoms with Gasteiger partial charge in [0.1, 0.15) is 11.9 Å². The summed E-state index contributed by atoms with van der Waals surface area (Å²) < 4.78 is 0. The lowest BCUT2D eigenvalue weighted by atomic mass is 10.00. The average Bonchev–Trinajstić information content (AvgIpc) is 2.19. The number of carbonyl (C=O) groups is 1. The van der Waals surface area contributed by atoms with Gasteiger partial charge in [-0.3, -0.25) is 4.79 Å². The van der Waals surface area contributed by atoms with E-state index in [1.54, 1.807) is 0 Å². The monoisotopic (exact) mass is 190 g/mol. The van der Waals surface area contributed by atoms with Crippen LogP contribution in [0.3, 0.4) is 0 Å². The summed E-state index contributed by atoms with van der Waals surface area (Å²) >= 11 is 0. The molecule has 0 amide bonds. The van der Waals surface area contributed by atoms with E-state index in [0.717, 1.165) is 25.7 Å². The molecule has 0 radical (unpaired) electrons. The quantitative estimate of drug-likeness (QED) is 0.566. The molecule has 1 fully saturated rings. The fraction of sp³-hybridized carbons (Fsp3) is 0.889. The highest BCUT2D eigenvalue weighted by Crippen LogP contribution is 2.12. The number of carbonyl (C=O) groups excluding carboxylic acids is 1. The van der Waals surface area contributed by atoms with E-state index in [1.807, 2.05) is 0 Å². The number of aliphatic hydroxyl groups excluding tert-OH is 3. The molecule has 0 aromatic rings. The third-order valence-electron chi connectivity index (χ3n) is 1.83. The van der Waals surface area contributed by atoms with Crippen LogP contribution in [0.1, 0.15) is 32.1 Å². The van der Waals surface area contributed by atoms with Crippen molar-refractivity contribution >= 4 is 5.78 Å². The number of rotatable bonds is 2. The van der Waals surface area contributed by atoms with E-state index in [1.165, 1.54) is 6.42 Å². The van der Waals surface area contributed by atoms with E-state index in [4.69, 9.17) is 15.3 Å². The fourth-order valence-corrected chi connectivity index (χ4v) is 1.00. The van der Waals surface area contributed by atoms with Gasteiger partial charge in [0.2, 0.25) is 0 Å². The number of hydrogen-bond acceptors (Lipinski definition) is 4. The number of ketones is 1. The molecule has 0 bridgehead atoms. The molecule has 0 atom stereocenters. The Morgan fingerprint density at radius 1 is 1.08 bits per heavy atom. The Bertz CT molecular complexity index is 124. The lowest BCUT2D eigenvalue weighted by Crippen LogP contribution is -2.15. The minimum atomic E-state index is -0.954. The Labute approximate surface area is 78.2 Å². The predicted molar refractivity (Wildman–Crippen MR) is 48.3 cm³/mol. The standard InChI is InChI=1S/C6H10O.C3H8O3/c7-6-4-2-1-3-5-6;4-1-3(6)2-5/h1-5H2;3-6H,1-2H2. The molecule has 1 saturated carbocycles. The zero-order valence-corrected chi connectivity index (χ0v) is 7.78. The second kappa shape index (κ2) is 8.16. The highest BCUT2D eigenvalue weighted by molar-refractivity contribution is 5.78. The van der Waals surface area contributed by atoms with Crippen molar-refractivity contribution in [1.29, 1.82) is 0 Å². The van der Waals surface area contributed by atoms with E-state index in [2.05, 4.69) is 0 Å². The minimum Gasteiger partial charge on any atom is -0.394 e. The van der Waals surface area contributed by atoms with E-state index in [-0.39, 0.29) is 13.2 Å². The first kappa shape index (κ1) is 12.6. The Morgan fingerprint density at radius 2 is 1.54 bits per heavy atom. The van der Waals surface area contributed by atoms with Crippen LogP contribution in [0.2, 0.25) is 0 Å². The first-order valence-electron chi connectivity index (χ1n) is 4.62. The molecule has 0 spiro atoms. The molecule has 4 heteroatoms. The van der Waals surface area contributed by atoms with Gasteiger partial charge in [0.15, 0.2) is 0 Å². The molecule has 4 nitrogen and oxygen atoms in total. The summed E-state index contributed by atoms with van der Waals surface area (Å²) in [5.74, 6) is 0.464. The first-order chi connectivity index (χ1) is 6.20. The summed E-state index contributed by atoms with van der Waals surface area (Å²) in [6.07, 6.45) is 4.29. The largest absolute Gasteiger partial charge is 0.394 e. The molecule has 0 aliphatic heterocycles. The van der Waals surface area contributed by atoms with E-state index < -0.39 is 6.10 Å². The van der Waals surface area contributed by atoms with Crippen LogP contribution in [-0.2, 0) is 4.79 Å². The first-order valence-corrected chi connectivity index (χ1v) is 4.62. The van der Waals surface area contributed by atoms with Gasteiger partial charge in [0.25, 0.3) is 0 Å². The van der Waals surface area contributed by atoms with Gasteiger partial charge in [-0.15, -0.1) is 0 Å². The predicted octanol–water partition coefficient (Wildman–Crippen LogP) is -0.148. The second-order valence-corrected chi connectivity index (χ2v) is 3.12. The molecule has 0 heterocycles. The van der Waals surface area contributed by atoms with Crippen molar-refractivity contribution < 1.29 is 20.1 Å². The summed E-state index contributed by atoms with van der Waals surface area (Å²) in [5, 5.41) is 24.0. The van der Waals surface area contributed by atoms with Crippen molar-refractivity contribution in [2.75, 3.05) is 13.2 Å². The van der Waals surface area contributed by atoms with E-state index >= 15 is 0 Å². The number of Topliss-reactive ketones (excluding diaryl/α,β-unsaturated/α-hetero) is 1. The molecule has 0 aromatic heterocycles. The normalized spacial score (nSPS) is 16.8. The Hall–Kier alpha value is -0.450. The molecule has 13 heavy (non-hydrogen) atoms. The van der Waals surface area contributed by atoms with Crippen LogP contribution in [0, 0.1) is 0 Å². The summed E-state index contributed by atoms with van der Waals surface area (Å²) in [6.45, 7) is -0.729. The van der Waals surface area contributed by atoms with Crippen LogP contribution in [0.25, 0.3) is 0 Å². The van der Waals surface area contributed by atoms with Crippen LogP contribution >= 0.6 is 0 Å². The van der Waals surface area contributed by atoms with Crippen molar-refractivity contribution in [3.63, 3.8) is 0 Å². The van der Waals surface area contributed by atoms with Crippen molar-refractivity contribution in [2.45, 2.75) is 38.2 Å².